The maximum absolute atomic E-state index is 10.5. The molecule has 0 radical (unpaired) electrons. The highest BCUT2D eigenvalue weighted by Gasteiger charge is 2.28. The Morgan fingerprint density at radius 1 is 1.40 bits per heavy atom. The first-order chi connectivity index (χ1) is 6.86. The highest BCUT2D eigenvalue weighted by molar-refractivity contribution is 5.76. The fourth-order valence-corrected chi connectivity index (χ4v) is 0.957. The number of nitrogens with two attached hydrogens (primary N) is 1. The molecule has 15 heavy (non-hydrogen) atoms. The van der Waals surface area contributed by atoms with Crippen LogP contribution in [-0.2, 0) is 9.59 Å². The molecule has 0 aromatic carbocycles. The van der Waals surface area contributed by atoms with Gasteiger partial charge in [0.25, 0.3) is 0 Å². The number of hydrogen-bond donors (Lipinski definition) is 4. The van der Waals surface area contributed by atoms with Crippen LogP contribution in [0.3, 0.4) is 0 Å². The van der Waals surface area contributed by atoms with Crippen LogP contribution in [0.1, 0.15) is 26.2 Å². The number of carbonyl (C=O) groups is 2. The largest absolute Gasteiger partial charge is 0.479 e. The van der Waals surface area contributed by atoms with Gasteiger partial charge in [0.1, 0.15) is 0 Å². The van der Waals surface area contributed by atoms with E-state index in [0.717, 1.165) is 6.42 Å². The van der Waals surface area contributed by atoms with Gasteiger partial charge in [-0.15, -0.1) is 0 Å². The second kappa shape index (κ2) is 6.36. The lowest BCUT2D eigenvalue weighted by Gasteiger charge is -2.18. The van der Waals surface area contributed by atoms with Gasteiger partial charge in [0.05, 0.1) is 0 Å². The van der Waals surface area contributed by atoms with Gasteiger partial charge in [0, 0.05) is 13.0 Å². The smallest absolute Gasteiger partial charge is 0.336 e. The zero-order valence-corrected chi connectivity index (χ0v) is 8.82. The van der Waals surface area contributed by atoms with Crippen molar-refractivity contribution in [1.82, 2.24) is 5.32 Å². The molecule has 5 N–H and O–H groups in total. The van der Waals surface area contributed by atoms with Gasteiger partial charge in [0.2, 0.25) is 5.91 Å². The van der Waals surface area contributed by atoms with E-state index in [-0.39, 0.29) is 12.5 Å². The molecule has 0 spiro atoms. The van der Waals surface area contributed by atoms with E-state index in [0.29, 0.717) is 19.4 Å². The molecule has 0 bridgehead atoms. The fraction of sp³-hybridized carbons (Fsp3) is 0.778. The summed E-state index contributed by atoms with van der Waals surface area (Å²) in [5.74, 6) is -1.60. The number of carbonyl (C=O) groups excluding carboxylic acids is 1. The van der Waals surface area contributed by atoms with E-state index in [1.54, 1.807) is 0 Å². The van der Waals surface area contributed by atoms with Crippen molar-refractivity contribution in [3.05, 3.63) is 0 Å². The van der Waals surface area contributed by atoms with Gasteiger partial charge < -0.3 is 21.3 Å². The number of aliphatic carboxylic acids is 1. The van der Waals surface area contributed by atoms with Crippen LogP contribution in [-0.4, -0.2) is 40.8 Å². The first-order valence-corrected chi connectivity index (χ1v) is 4.81. The third-order valence-corrected chi connectivity index (χ3v) is 1.96. The number of nitrogens with one attached hydrogen (secondary N) is 1. The lowest BCUT2D eigenvalue weighted by molar-refractivity contribution is -0.156. The van der Waals surface area contributed by atoms with Crippen LogP contribution in [0.25, 0.3) is 0 Å². The minimum absolute atomic E-state index is 0.0150. The summed E-state index contributed by atoms with van der Waals surface area (Å²) in [6, 6.07) is 0. The lowest BCUT2D eigenvalue weighted by atomic mass is 10.1. The summed E-state index contributed by atoms with van der Waals surface area (Å²) in [4.78, 5) is 20.8. The van der Waals surface area contributed by atoms with Crippen molar-refractivity contribution in [3.63, 3.8) is 0 Å². The average Bonchev–Trinajstić information content (AvgIpc) is 2.10. The van der Waals surface area contributed by atoms with Gasteiger partial charge in [-0.2, -0.15) is 0 Å². The van der Waals surface area contributed by atoms with Crippen molar-refractivity contribution in [3.8, 4) is 0 Å². The van der Waals surface area contributed by atoms with Gasteiger partial charge in [-0.05, 0) is 26.3 Å². The number of amides is 1. The fourth-order valence-electron chi connectivity index (χ4n) is 0.957. The predicted octanol–water partition coefficient (Wildman–Crippen LogP) is -0.933. The summed E-state index contributed by atoms with van der Waals surface area (Å²) >= 11 is 0. The Bertz CT molecular complexity index is 228. The van der Waals surface area contributed by atoms with E-state index < -0.39 is 11.6 Å². The molecule has 1 amide bonds. The van der Waals surface area contributed by atoms with Gasteiger partial charge in [-0.1, -0.05) is 0 Å². The van der Waals surface area contributed by atoms with E-state index in [1.807, 2.05) is 0 Å². The van der Waals surface area contributed by atoms with Crippen molar-refractivity contribution in [2.45, 2.75) is 31.8 Å². The molecule has 6 nitrogen and oxygen atoms in total. The molecular formula is C9H18N2O4. The zero-order valence-electron chi connectivity index (χ0n) is 8.82. The number of aliphatic hydroxyl groups is 1. The van der Waals surface area contributed by atoms with Crippen LogP contribution in [0.15, 0.2) is 0 Å². The standard InChI is InChI=1S/C9H18N2O4/c1-9(15,8(13)14)6-11-5-3-2-4-7(10)12/h11,15H,2-6H2,1H3,(H2,10,12)(H,13,14). The molecule has 6 heteroatoms. The molecule has 0 rings (SSSR count). The molecule has 1 unspecified atom stereocenters. The number of rotatable bonds is 8. The summed E-state index contributed by atoms with van der Waals surface area (Å²) in [5.41, 5.74) is 3.19. The van der Waals surface area contributed by atoms with Crippen molar-refractivity contribution in [1.29, 1.82) is 0 Å². The molecule has 0 aliphatic carbocycles. The molecule has 0 fully saturated rings. The van der Waals surface area contributed by atoms with Crippen LogP contribution in [0.4, 0.5) is 0 Å². The van der Waals surface area contributed by atoms with Gasteiger partial charge in [0.15, 0.2) is 5.60 Å². The molecule has 0 heterocycles. The lowest BCUT2D eigenvalue weighted by Crippen LogP contribution is -2.45. The normalized spacial score (nSPS) is 14.5. The highest BCUT2D eigenvalue weighted by atomic mass is 16.4. The second-order valence-corrected chi connectivity index (χ2v) is 3.68. The Hall–Kier alpha value is -1.14. The molecule has 0 aromatic heterocycles. The van der Waals surface area contributed by atoms with Gasteiger partial charge in [-0.25, -0.2) is 4.79 Å². The first-order valence-electron chi connectivity index (χ1n) is 4.81. The maximum Gasteiger partial charge on any atom is 0.336 e. The van der Waals surface area contributed by atoms with E-state index >= 15 is 0 Å². The summed E-state index contributed by atoms with van der Waals surface area (Å²) < 4.78 is 0. The molecule has 1 atom stereocenters. The topological polar surface area (TPSA) is 113 Å². The van der Waals surface area contributed by atoms with Crippen LogP contribution < -0.4 is 11.1 Å². The summed E-state index contributed by atoms with van der Waals surface area (Å²) in [5, 5.41) is 20.7. The Morgan fingerprint density at radius 3 is 2.47 bits per heavy atom. The summed E-state index contributed by atoms with van der Waals surface area (Å²) in [6.45, 7) is 1.77. The van der Waals surface area contributed by atoms with Crippen LogP contribution in [0.2, 0.25) is 0 Å². The maximum atomic E-state index is 10.5. The molecule has 0 aliphatic heterocycles. The van der Waals surface area contributed by atoms with E-state index in [4.69, 9.17) is 10.8 Å². The third kappa shape index (κ3) is 6.87. The minimum atomic E-state index is -1.75. The third-order valence-electron chi connectivity index (χ3n) is 1.96. The van der Waals surface area contributed by atoms with Crippen LogP contribution in [0.5, 0.6) is 0 Å². The zero-order chi connectivity index (χ0) is 11.9. The summed E-state index contributed by atoms with van der Waals surface area (Å²) in [6.07, 6.45) is 1.72. The predicted molar refractivity (Wildman–Crippen MR) is 54.2 cm³/mol. The molecule has 0 aromatic rings. The second-order valence-electron chi connectivity index (χ2n) is 3.68. The molecule has 0 saturated carbocycles. The molecular weight excluding hydrogens is 200 g/mol. The van der Waals surface area contributed by atoms with Gasteiger partial charge in [-0.3, -0.25) is 4.79 Å². The van der Waals surface area contributed by atoms with Gasteiger partial charge >= 0.3 is 5.97 Å². The number of unbranched alkanes of at least 4 members (excludes halogenated alkanes) is 1. The van der Waals surface area contributed by atoms with E-state index in [2.05, 4.69) is 5.32 Å². The van der Waals surface area contributed by atoms with Crippen LogP contribution >= 0.6 is 0 Å². The monoisotopic (exact) mass is 218 g/mol. The van der Waals surface area contributed by atoms with Crippen molar-refractivity contribution in [2.24, 2.45) is 5.73 Å². The van der Waals surface area contributed by atoms with E-state index in [1.165, 1.54) is 6.92 Å². The van der Waals surface area contributed by atoms with Crippen LogP contribution in [0, 0.1) is 0 Å². The Morgan fingerprint density at radius 2 is 2.00 bits per heavy atom. The number of hydrogen-bond acceptors (Lipinski definition) is 4. The highest BCUT2D eigenvalue weighted by Crippen LogP contribution is 2.01. The SMILES string of the molecule is CC(O)(CNCCCCC(N)=O)C(=O)O. The number of carboxylic acids is 1. The Balaban J connectivity index is 3.46. The minimum Gasteiger partial charge on any atom is -0.479 e. The average molecular weight is 218 g/mol. The van der Waals surface area contributed by atoms with Crippen molar-refractivity contribution < 1.29 is 19.8 Å². The van der Waals surface area contributed by atoms with E-state index in [9.17, 15) is 14.7 Å². The molecule has 88 valence electrons. The first kappa shape index (κ1) is 13.9. The molecule has 0 aliphatic rings. The Labute approximate surface area is 88.5 Å². The quantitative estimate of drug-likeness (QED) is 0.393. The van der Waals surface area contributed by atoms with Crippen molar-refractivity contribution >= 4 is 11.9 Å². The Kier molecular flexibility index (Phi) is 5.88. The molecule has 0 saturated heterocycles. The summed E-state index contributed by atoms with van der Waals surface area (Å²) in [7, 11) is 0. The number of primary amides is 1. The van der Waals surface area contributed by atoms with Crippen molar-refractivity contribution in [2.75, 3.05) is 13.1 Å². The number of carboxylic acid groups (broad SMARTS) is 1.